The molecule has 0 fully saturated rings. The molecule has 2 rings (SSSR count). The van der Waals surface area contributed by atoms with Gasteiger partial charge in [-0.15, -0.1) is 0 Å². The standard InChI is InChI=1S/C20H27NO/c1-16(2)21(14-19-11-7-8-17(3)12-19)15-20(22)13-18-9-5-4-6-10-18/h4-12,16,20,22H,13-15H2,1-3H3/t20-/m0/s1. The van der Waals surface area contributed by atoms with Crippen molar-refractivity contribution >= 4 is 0 Å². The van der Waals surface area contributed by atoms with Gasteiger partial charge in [0.05, 0.1) is 6.10 Å². The van der Waals surface area contributed by atoms with Crippen LogP contribution in [0.3, 0.4) is 0 Å². The summed E-state index contributed by atoms with van der Waals surface area (Å²) < 4.78 is 0. The van der Waals surface area contributed by atoms with Gasteiger partial charge < -0.3 is 5.11 Å². The van der Waals surface area contributed by atoms with E-state index >= 15 is 0 Å². The third-order valence-corrected chi connectivity index (χ3v) is 3.96. The van der Waals surface area contributed by atoms with E-state index in [4.69, 9.17) is 0 Å². The molecule has 0 aromatic heterocycles. The molecule has 2 aromatic rings. The fourth-order valence-corrected chi connectivity index (χ4v) is 2.72. The summed E-state index contributed by atoms with van der Waals surface area (Å²) in [5.74, 6) is 0. The van der Waals surface area contributed by atoms with Crippen LogP contribution in [0.1, 0.15) is 30.5 Å². The Morgan fingerprint density at radius 2 is 1.64 bits per heavy atom. The molecular formula is C20H27NO. The summed E-state index contributed by atoms with van der Waals surface area (Å²) in [5, 5.41) is 10.4. The first kappa shape index (κ1) is 16.7. The van der Waals surface area contributed by atoms with Crippen molar-refractivity contribution in [1.29, 1.82) is 0 Å². The van der Waals surface area contributed by atoms with E-state index in [2.05, 4.69) is 62.1 Å². The normalized spacial score (nSPS) is 12.8. The van der Waals surface area contributed by atoms with Crippen LogP contribution in [0, 0.1) is 6.92 Å². The van der Waals surface area contributed by atoms with E-state index < -0.39 is 0 Å². The highest BCUT2D eigenvalue weighted by Crippen LogP contribution is 2.12. The molecule has 2 nitrogen and oxygen atoms in total. The first-order chi connectivity index (χ1) is 10.5. The fourth-order valence-electron chi connectivity index (χ4n) is 2.72. The topological polar surface area (TPSA) is 23.5 Å². The van der Waals surface area contributed by atoms with Crippen LogP contribution in [0.15, 0.2) is 54.6 Å². The number of hydrogen-bond acceptors (Lipinski definition) is 2. The minimum absolute atomic E-state index is 0.338. The highest BCUT2D eigenvalue weighted by atomic mass is 16.3. The maximum absolute atomic E-state index is 10.4. The number of aryl methyl sites for hydroxylation is 1. The predicted octanol–water partition coefficient (Wildman–Crippen LogP) is 3.81. The zero-order valence-electron chi connectivity index (χ0n) is 13.9. The van der Waals surface area contributed by atoms with Crippen LogP contribution in [0.4, 0.5) is 0 Å². The lowest BCUT2D eigenvalue weighted by molar-refractivity contribution is 0.0908. The number of rotatable bonds is 7. The van der Waals surface area contributed by atoms with Crippen LogP contribution in [0.5, 0.6) is 0 Å². The quantitative estimate of drug-likeness (QED) is 0.840. The molecule has 0 aliphatic heterocycles. The molecule has 0 heterocycles. The van der Waals surface area contributed by atoms with Gasteiger partial charge in [0.2, 0.25) is 0 Å². The fraction of sp³-hybridized carbons (Fsp3) is 0.400. The molecule has 0 unspecified atom stereocenters. The Bertz CT molecular complexity index is 565. The second-order valence-corrected chi connectivity index (χ2v) is 6.36. The summed E-state index contributed by atoms with van der Waals surface area (Å²) >= 11 is 0. The molecule has 118 valence electrons. The van der Waals surface area contributed by atoms with Gasteiger partial charge in [0, 0.05) is 19.1 Å². The smallest absolute Gasteiger partial charge is 0.0707 e. The summed E-state index contributed by atoms with van der Waals surface area (Å²) in [7, 11) is 0. The van der Waals surface area contributed by atoms with Gasteiger partial charge in [0.15, 0.2) is 0 Å². The van der Waals surface area contributed by atoms with Crippen molar-refractivity contribution < 1.29 is 5.11 Å². The van der Waals surface area contributed by atoms with Crippen molar-refractivity contribution in [3.63, 3.8) is 0 Å². The molecule has 0 aliphatic rings. The van der Waals surface area contributed by atoms with Crippen molar-refractivity contribution in [2.24, 2.45) is 0 Å². The summed E-state index contributed by atoms with van der Waals surface area (Å²) in [4.78, 5) is 2.34. The van der Waals surface area contributed by atoms with Crippen LogP contribution in [-0.4, -0.2) is 28.7 Å². The van der Waals surface area contributed by atoms with Crippen LogP contribution in [0.2, 0.25) is 0 Å². The Morgan fingerprint density at radius 1 is 0.955 bits per heavy atom. The van der Waals surface area contributed by atoms with E-state index in [1.54, 1.807) is 0 Å². The number of nitrogens with zero attached hydrogens (tertiary/aromatic N) is 1. The van der Waals surface area contributed by atoms with Crippen molar-refractivity contribution in [1.82, 2.24) is 4.90 Å². The predicted molar refractivity (Wildman–Crippen MR) is 92.9 cm³/mol. The van der Waals surface area contributed by atoms with Gasteiger partial charge in [0.25, 0.3) is 0 Å². The second-order valence-electron chi connectivity index (χ2n) is 6.36. The van der Waals surface area contributed by atoms with E-state index in [0.717, 1.165) is 6.54 Å². The van der Waals surface area contributed by atoms with Crippen molar-refractivity contribution in [2.45, 2.75) is 45.9 Å². The average molecular weight is 297 g/mol. The van der Waals surface area contributed by atoms with Crippen molar-refractivity contribution in [3.05, 3.63) is 71.3 Å². The molecule has 0 spiro atoms. The minimum Gasteiger partial charge on any atom is -0.391 e. The molecule has 1 atom stereocenters. The highest BCUT2D eigenvalue weighted by molar-refractivity contribution is 5.22. The van der Waals surface area contributed by atoms with E-state index in [-0.39, 0.29) is 6.10 Å². The van der Waals surface area contributed by atoms with E-state index in [0.29, 0.717) is 19.0 Å². The zero-order chi connectivity index (χ0) is 15.9. The molecule has 0 saturated heterocycles. The monoisotopic (exact) mass is 297 g/mol. The molecule has 2 heteroatoms. The number of aliphatic hydroxyl groups is 1. The van der Waals surface area contributed by atoms with E-state index in [9.17, 15) is 5.11 Å². The number of aliphatic hydroxyl groups excluding tert-OH is 1. The number of benzene rings is 2. The molecule has 0 bridgehead atoms. The average Bonchev–Trinajstić information content (AvgIpc) is 2.47. The largest absolute Gasteiger partial charge is 0.391 e. The summed E-state index contributed by atoms with van der Waals surface area (Å²) in [6.07, 6.45) is 0.368. The lowest BCUT2D eigenvalue weighted by Gasteiger charge is -2.29. The first-order valence-corrected chi connectivity index (χ1v) is 8.06. The van der Waals surface area contributed by atoms with Crippen LogP contribution >= 0.6 is 0 Å². The van der Waals surface area contributed by atoms with Crippen LogP contribution in [-0.2, 0) is 13.0 Å². The Balaban J connectivity index is 1.96. The highest BCUT2D eigenvalue weighted by Gasteiger charge is 2.15. The Labute approximate surface area is 134 Å². The van der Waals surface area contributed by atoms with Gasteiger partial charge >= 0.3 is 0 Å². The summed E-state index contributed by atoms with van der Waals surface area (Å²) in [5.41, 5.74) is 3.78. The first-order valence-electron chi connectivity index (χ1n) is 8.06. The second kappa shape index (κ2) is 8.11. The minimum atomic E-state index is -0.338. The molecule has 22 heavy (non-hydrogen) atoms. The molecule has 0 saturated carbocycles. The van der Waals surface area contributed by atoms with Gasteiger partial charge in [-0.05, 0) is 38.3 Å². The maximum atomic E-state index is 10.4. The van der Waals surface area contributed by atoms with Crippen LogP contribution < -0.4 is 0 Å². The Morgan fingerprint density at radius 3 is 2.27 bits per heavy atom. The Kier molecular flexibility index (Phi) is 6.17. The van der Waals surface area contributed by atoms with Gasteiger partial charge in [-0.3, -0.25) is 4.90 Å². The van der Waals surface area contributed by atoms with Gasteiger partial charge in [-0.25, -0.2) is 0 Å². The third-order valence-electron chi connectivity index (χ3n) is 3.96. The zero-order valence-corrected chi connectivity index (χ0v) is 13.9. The Hall–Kier alpha value is -1.64. The lowest BCUT2D eigenvalue weighted by Crippen LogP contribution is -2.37. The summed E-state index contributed by atoms with van der Waals surface area (Å²) in [6.45, 7) is 8.06. The van der Waals surface area contributed by atoms with E-state index in [1.807, 2.05) is 18.2 Å². The van der Waals surface area contributed by atoms with Gasteiger partial charge in [0.1, 0.15) is 0 Å². The molecule has 0 amide bonds. The van der Waals surface area contributed by atoms with Gasteiger partial charge in [-0.2, -0.15) is 0 Å². The molecular weight excluding hydrogens is 270 g/mol. The lowest BCUT2D eigenvalue weighted by atomic mass is 10.1. The SMILES string of the molecule is Cc1cccc(CN(C[C@@H](O)Cc2ccccc2)C(C)C)c1. The molecule has 0 radical (unpaired) electrons. The van der Waals surface area contributed by atoms with Gasteiger partial charge in [-0.1, -0.05) is 60.2 Å². The number of hydrogen-bond donors (Lipinski definition) is 1. The van der Waals surface area contributed by atoms with Crippen LogP contribution in [0.25, 0.3) is 0 Å². The molecule has 2 aromatic carbocycles. The van der Waals surface area contributed by atoms with Crippen molar-refractivity contribution in [3.8, 4) is 0 Å². The van der Waals surface area contributed by atoms with Crippen molar-refractivity contribution in [2.75, 3.05) is 6.54 Å². The maximum Gasteiger partial charge on any atom is 0.0707 e. The van der Waals surface area contributed by atoms with E-state index in [1.165, 1.54) is 16.7 Å². The summed E-state index contributed by atoms with van der Waals surface area (Å²) in [6, 6.07) is 19.2. The third kappa shape index (κ3) is 5.28. The molecule has 1 N–H and O–H groups in total. The molecule has 0 aliphatic carbocycles.